The Morgan fingerprint density at radius 1 is 1.35 bits per heavy atom. The van der Waals surface area contributed by atoms with Crippen LogP contribution < -0.4 is 10.6 Å². The molecule has 0 spiro atoms. The minimum absolute atomic E-state index is 0.205. The molecule has 2 N–H and O–H groups in total. The van der Waals surface area contributed by atoms with Crippen molar-refractivity contribution in [2.45, 2.75) is 52.0 Å². The summed E-state index contributed by atoms with van der Waals surface area (Å²) in [4.78, 5) is 2.48. The van der Waals surface area contributed by atoms with Gasteiger partial charge in [0.25, 0.3) is 0 Å². The van der Waals surface area contributed by atoms with Gasteiger partial charge in [0.05, 0.1) is 0 Å². The van der Waals surface area contributed by atoms with Crippen LogP contribution in [0.3, 0.4) is 0 Å². The summed E-state index contributed by atoms with van der Waals surface area (Å²) in [6.45, 7) is 6.64. The minimum Gasteiger partial charge on any atom is -0.371 e. The van der Waals surface area contributed by atoms with Crippen molar-refractivity contribution in [3.8, 4) is 0 Å². The average molecular weight is 295 g/mol. The molecule has 2 nitrogen and oxygen atoms in total. The third kappa shape index (κ3) is 4.39. The van der Waals surface area contributed by atoms with Gasteiger partial charge in [-0.2, -0.15) is 0 Å². The average Bonchev–Trinajstić information content (AvgIpc) is 3.24. The van der Waals surface area contributed by atoms with Gasteiger partial charge in [-0.3, -0.25) is 0 Å². The summed E-state index contributed by atoms with van der Waals surface area (Å²) < 4.78 is 0. The van der Waals surface area contributed by atoms with Gasteiger partial charge in [0.15, 0.2) is 0 Å². The first-order chi connectivity index (χ1) is 9.63. The summed E-state index contributed by atoms with van der Waals surface area (Å²) in [5.74, 6) is 0.897. The number of rotatable bonds is 8. The molecule has 0 saturated heterocycles. The van der Waals surface area contributed by atoms with Gasteiger partial charge in [-0.1, -0.05) is 31.5 Å². The Kier molecular flexibility index (Phi) is 5.74. The molecule has 1 unspecified atom stereocenters. The highest BCUT2D eigenvalue weighted by atomic mass is 35.5. The zero-order chi connectivity index (χ0) is 14.5. The van der Waals surface area contributed by atoms with E-state index in [0.29, 0.717) is 0 Å². The van der Waals surface area contributed by atoms with Crippen LogP contribution in [-0.2, 0) is 6.42 Å². The Bertz CT molecular complexity index is 429. The summed E-state index contributed by atoms with van der Waals surface area (Å²) in [5.41, 5.74) is 8.46. The van der Waals surface area contributed by atoms with E-state index in [2.05, 4.69) is 36.9 Å². The lowest BCUT2D eigenvalue weighted by Gasteiger charge is -2.25. The molecule has 0 aromatic heterocycles. The SMILES string of the molecule is CCCN(CC1CC1)c1ccc(CC(N)CC)c(Cl)c1. The Balaban J connectivity index is 2.08. The molecule has 0 aliphatic heterocycles. The highest BCUT2D eigenvalue weighted by Gasteiger charge is 2.24. The Morgan fingerprint density at radius 3 is 2.65 bits per heavy atom. The maximum Gasteiger partial charge on any atom is 0.0459 e. The lowest BCUT2D eigenvalue weighted by atomic mass is 10.0. The summed E-state index contributed by atoms with van der Waals surface area (Å²) in [6.07, 6.45) is 5.80. The summed E-state index contributed by atoms with van der Waals surface area (Å²) in [7, 11) is 0. The quantitative estimate of drug-likeness (QED) is 0.777. The van der Waals surface area contributed by atoms with Crippen LogP contribution in [0.15, 0.2) is 18.2 Å². The van der Waals surface area contributed by atoms with Crippen LogP contribution in [0.5, 0.6) is 0 Å². The van der Waals surface area contributed by atoms with E-state index >= 15 is 0 Å². The summed E-state index contributed by atoms with van der Waals surface area (Å²) >= 11 is 6.44. The molecule has 112 valence electrons. The molecule has 0 amide bonds. The summed E-state index contributed by atoms with van der Waals surface area (Å²) in [6, 6.07) is 6.69. The Morgan fingerprint density at radius 2 is 2.10 bits per heavy atom. The lowest BCUT2D eigenvalue weighted by molar-refractivity contribution is 0.646. The standard InChI is InChI=1S/C17H27ClN2/c1-3-9-20(12-13-5-6-13)16-8-7-14(17(18)11-16)10-15(19)4-2/h7-8,11,13,15H,3-6,9-10,12,19H2,1-2H3. The zero-order valence-electron chi connectivity index (χ0n) is 12.7. The molecular weight excluding hydrogens is 268 g/mol. The fourth-order valence-electron chi connectivity index (χ4n) is 2.53. The normalized spacial score (nSPS) is 16.2. The monoisotopic (exact) mass is 294 g/mol. The van der Waals surface area contributed by atoms with E-state index in [9.17, 15) is 0 Å². The van der Waals surface area contributed by atoms with E-state index in [0.717, 1.165) is 30.3 Å². The van der Waals surface area contributed by atoms with Gasteiger partial charge >= 0.3 is 0 Å². The van der Waals surface area contributed by atoms with Crippen LogP contribution in [0.1, 0.15) is 45.1 Å². The van der Waals surface area contributed by atoms with Crippen LogP contribution in [0.25, 0.3) is 0 Å². The molecule has 1 aromatic rings. The van der Waals surface area contributed by atoms with Crippen molar-refractivity contribution in [3.63, 3.8) is 0 Å². The molecular formula is C17H27ClN2. The second-order valence-corrected chi connectivity index (χ2v) is 6.44. The van der Waals surface area contributed by atoms with Crippen LogP contribution in [0.2, 0.25) is 5.02 Å². The highest BCUT2D eigenvalue weighted by molar-refractivity contribution is 6.31. The molecule has 3 heteroatoms. The predicted molar refractivity (Wildman–Crippen MR) is 88.7 cm³/mol. The molecule has 0 heterocycles. The topological polar surface area (TPSA) is 29.3 Å². The molecule has 1 fully saturated rings. The van der Waals surface area contributed by atoms with E-state index in [1.165, 1.54) is 37.1 Å². The third-order valence-electron chi connectivity index (χ3n) is 4.08. The first-order valence-electron chi connectivity index (χ1n) is 7.93. The van der Waals surface area contributed by atoms with E-state index in [-0.39, 0.29) is 6.04 Å². The van der Waals surface area contributed by atoms with Gasteiger partial charge in [-0.05, 0) is 55.7 Å². The Hall–Kier alpha value is -0.730. The van der Waals surface area contributed by atoms with Crippen molar-refractivity contribution in [1.29, 1.82) is 0 Å². The fourth-order valence-corrected chi connectivity index (χ4v) is 2.79. The molecule has 0 bridgehead atoms. The smallest absolute Gasteiger partial charge is 0.0459 e. The maximum absolute atomic E-state index is 6.44. The predicted octanol–water partition coefficient (Wildman–Crippen LogP) is 4.25. The molecule has 1 aliphatic rings. The number of benzene rings is 1. The second kappa shape index (κ2) is 7.33. The number of halogens is 1. The van der Waals surface area contributed by atoms with Gasteiger partial charge < -0.3 is 10.6 Å². The summed E-state index contributed by atoms with van der Waals surface area (Å²) in [5, 5.41) is 0.864. The molecule has 1 atom stereocenters. The molecule has 2 rings (SSSR count). The van der Waals surface area contributed by atoms with E-state index in [4.69, 9.17) is 17.3 Å². The van der Waals surface area contributed by atoms with Crippen molar-refractivity contribution in [1.82, 2.24) is 0 Å². The van der Waals surface area contributed by atoms with Gasteiger partial charge in [0, 0.05) is 29.8 Å². The van der Waals surface area contributed by atoms with Crippen molar-refractivity contribution in [2.24, 2.45) is 11.7 Å². The van der Waals surface area contributed by atoms with Gasteiger partial charge in [-0.25, -0.2) is 0 Å². The van der Waals surface area contributed by atoms with Crippen LogP contribution in [0.4, 0.5) is 5.69 Å². The van der Waals surface area contributed by atoms with Gasteiger partial charge in [0.2, 0.25) is 0 Å². The zero-order valence-corrected chi connectivity index (χ0v) is 13.5. The molecule has 1 saturated carbocycles. The van der Waals surface area contributed by atoms with Crippen LogP contribution in [0, 0.1) is 5.92 Å². The van der Waals surface area contributed by atoms with Crippen LogP contribution in [-0.4, -0.2) is 19.1 Å². The first kappa shape index (κ1) is 15.7. The number of nitrogens with two attached hydrogens (primary N) is 1. The van der Waals surface area contributed by atoms with E-state index < -0.39 is 0 Å². The number of anilines is 1. The Labute approximate surface area is 128 Å². The third-order valence-corrected chi connectivity index (χ3v) is 4.43. The van der Waals surface area contributed by atoms with Gasteiger partial charge in [0.1, 0.15) is 0 Å². The second-order valence-electron chi connectivity index (χ2n) is 6.04. The first-order valence-corrected chi connectivity index (χ1v) is 8.30. The molecule has 20 heavy (non-hydrogen) atoms. The van der Waals surface area contributed by atoms with Crippen LogP contribution >= 0.6 is 11.6 Å². The van der Waals surface area contributed by atoms with E-state index in [1.807, 2.05) is 0 Å². The molecule has 1 aromatic carbocycles. The fraction of sp³-hybridized carbons (Fsp3) is 0.647. The largest absolute Gasteiger partial charge is 0.371 e. The number of hydrogen-bond acceptors (Lipinski definition) is 2. The van der Waals surface area contributed by atoms with Crippen molar-refractivity contribution >= 4 is 17.3 Å². The number of hydrogen-bond donors (Lipinski definition) is 1. The van der Waals surface area contributed by atoms with Crippen molar-refractivity contribution in [2.75, 3.05) is 18.0 Å². The van der Waals surface area contributed by atoms with E-state index in [1.54, 1.807) is 0 Å². The maximum atomic E-state index is 6.44. The van der Waals surface area contributed by atoms with Gasteiger partial charge in [-0.15, -0.1) is 0 Å². The molecule has 1 aliphatic carbocycles. The highest BCUT2D eigenvalue weighted by Crippen LogP contribution is 2.32. The van der Waals surface area contributed by atoms with Crippen molar-refractivity contribution < 1.29 is 0 Å². The van der Waals surface area contributed by atoms with Crippen molar-refractivity contribution in [3.05, 3.63) is 28.8 Å². The number of nitrogens with zero attached hydrogens (tertiary/aromatic N) is 1. The minimum atomic E-state index is 0.205. The lowest BCUT2D eigenvalue weighted by Crippen LogP contribution is -2.26. The molecule has 0 radical (unpaired) electrons.